The molecule has 5 nitrogen and oxygen atoms in total. The van der Waals surface area contributed by atoms with Crippen LogP contribution in [0, 0.1) is 11.3 Å². The molecule has 104 valence electrons. The molecule has 0 bridgehead atoms. The van der Waals surface area contributed by atoms with E-state index >= 15 is 0 Å². The molecule has 1 aliphatic heterocycles. The molecular weight excluding hydrogens is 286 g/mol. The van der Waals surface area contributed by atoms with Gasteiger partial charge in [0.15, 0.2) is 0 Å². The van der Waals surface area contributed by atoms with Crippen LogP contribution in [0.15, 0.2) is 29.2 Å². The van der Waals surface area contributed by atoms with E-state index in [1.165, 1.54) is 16.4 Å². The van der Waals surface area contributed by atoms with Crippen LogP contribution >= 0.6 is 12.4 Å². The maximum Gasteiger partial charge on any atom is 0.243 e. The number of rotatable bonds is 2. The monoisotopic (exact) mass is 301 g/mol. The summed E-state index contributed by atoms with van der Waals surface area (Å²) in [5, 5.41) is 12.0. The Morgan fingerprint density at radius 2 is 2.21 bits per heavy atom. The van der Waals surface area contributed by atoms with Crippen LogP contribution in [0.5, 0.6) is 0 Å². The Balaban J connectivity index is 0.00000180. The third kappa shape index (κ3) is 3.25. The topological polar surface area (TPSA) is 73.2 Å². The second-order valence-electron chi connectivity index (χ2n) is 4.31. The summed E-state index contributed by atoms with van der Waals surface area (Å²) in [5.41, 5.74) is 0.360. The fourth-order valence-corrected chi connectivity index (χ4v) is 3.72. The molecule has 7 heteroatoms. The molecule has 1 fully saturated rings. The number of nitrogens with one attached hydrogen (secondary N) is 1. The van der Waals surface area contributed by atoms with Crippen LogP contribution in [0.4, 0.5) is 0 Å². The summed E-state index contributed by atoms with van der Waals surface area (Å²) in [5.74, 6) is 0. The Hall–Kier alpha value is -1.13. The summed E-state index contributed by atoms with van der Waals surface area (Å²) in [4.78, 5) is 0.190. The highest BCUT2D eigenvalue weighted by molar-refractivity contribution is 7.89. The van der Waals surface area contributed by atoms with E-state index in [0.29, 0.717) is 25.2 Å². The molecule has 0 unspecified atom stereocenters. The number of nitrogens with zero attached hydrogens (tertiary/aromatic N) is 2. The normalized spacial score (nSPS) is 20.3. The second kappa shape index (κ2) is 6.35. The fraction of sp³-hybridized carbons (Fsp3) is 0.417. The molecule has 0 spiro atoms. The van der Waals surface area contributed by atoms with Gasteiger partial charge in [-0.05, 0) is 25.1 Å². The molecule has 1 atom stereocenters. The minimum absolute atomic E-state index is 0. The third-order valence-electron chi connectivity index (χ3n) is 3.01. The molecule has 1 saturated heterocycles. The largest absolute Gasteiger partial charge is 0.314 e. The first-order valence-electron chi connectivity index (χ1n) is 5.78. The first kappa shape index (κ1) is 15.9. The summed E-state index contributed by atoms with van der Waals surface area (Å²) < 4.78 is 26.4. The number of sulfonamides is 1. The average Bonchev–Trinajstić information content (AvgIpc) is 2.39. The number of halogens is 1. The van der Waals surface area contributed by atoms with Crippen LogP contribution < -0.4 is 5.32 Å². The summed E-state index contributed by atoms with van der Waals surface area (Å²) in [6.07, 6.45) is 0. The van der Waals surface area contributed by atoms with Crippen LogP contribution in [0.3, 0.4) is 0 Å². The molecule has 1 aromatic rings. The highest BCUT2D eigenvalue weighted by Gasteiger charge is 2.30. The van der Waals surface area contributed by atoms with Crippen molar-refractivity contribution in [3.05, 3.63) is 29.8 Å². The van der Waals surface area contributed by atoms with E-state index in [9.17, 15) is 8.42 Å². The highest BCUT2D eigenvalue weighted by Crippen LogP contribution is 2.20. The van der Waals surface area contributed by atoms with Crippen molar-refractivity contribution in [1.82, 2.24) is 9.62 Å². The summed E-state index contributed by atoms with van der Waals surface area (Å²) >= 11 is 0. The van der Waals surface area contributed by atoms with Crippen molar-refractivity contribution < 1.29 is 8.42 Å². The molecule has 1 N–H and O–H groups in total. The van der Waals surface area contributed by atoms with E-state index < -0.39 is 10.0 Å². The van der Waals surface area contributed by atoms with Gasteiger partial charge < -0.3 is 5.32 Å². The van der Waals surface area contributed by atoms with Crippen molar-refractivity contribution in [2.75, 3.05) is 19.6 Å². The lowest BCUT2D eigenvalue weighted by molar-refractivity contribution is 0.284. The summed E-state index contributed by atoms with van der Waals surface area (Å²) in [7, 11) is -3.50. The van der Waals surface area contributed by atoms with Crippen molar-refractivity contribution in [2.24, 2.45) is 0 Å². The van der Waals surface area contributed by atoms with Gasteiger partial charge in [0.1, 0.15) is 0 Å². The Bertz CT molecular complexity index is 583. The lowest BCUT2D eigenvalue weighted by Crippen LogP contribution is -2.52. The maximum absolute atomic E-state index is 12.5. The van der Waals surface area contributed by atoms with Gasteiger partial charge in [-0.15, -0.1) is 12.4 Å². The van der Waals surface area contributed by atoms with Crippen molar-refractivity contribution in [3.63, 3.8) is 0 Å². The Morgan fingerprint density at radius 1 is 1.47 bits per heavy atom. The molecular formula is C12H16ClN3O2S. The van der Waals surface area contributed by atoms with Crippen molar-refractivity contribution in [2.45, 2.75) is 17.9 Å². The van der Waals surface area contributed by atoms with Gasteiger partial charge >= 0.3 is 0 Å². The van der Waals surface area contributed by atoms with E-state index in [1.54, 1.807) is 12.1 Å². The zero-order valence-corrected chi connectivity index (χ0v) is 12.2. The van der Waals surface area contributed by atoms with E-state index in [2.05, 4.69) is 5.32 Å². The van der Waals surface area contributed by atoms with Gasteiger partial charge in [0, 0.05) is 25.7 Å². The standard InChI is InChI=1S/C12H15N3O2S.ClH/c1-10-9-14-5-6-15(10)18(16,17)12-4-2-3-11(7-12)8-13;/h2-4,7,10,14H,5-6,9H2,1H3;1H/t10-;/m0./s1. The smallest absolute Gasteiger partial charge is 0.243 e. The molecule has 0 aromatic heterocycles. The first-order valence-corrected chi connectivity index (χ1v) is 7.22. The summed E-state index contributed by atoms with van der Waals surface area (Å²) in [6, 6.07) is 8.03. The minimum atomic E-state index is -3.50. The zero-order valence-electron chi connectivity index (χ0n) is 10.5. The SMILES string of the molecule is C[C@H]1CNCCN1S(=O)(=O)c1cccc(C#N)c1.Cl. The van der Waals surface area contributed by atoms with E-state index in [4.69, 9.17) is 5.26 Å². The molecule has 0 amide bonds. The molecule has 1 aromatic carbocycles. The maximum atomic E-state index is 12.5. The number of benzene rings is 1. The number of nitriles is 1. The van der Waals surface area contributed by atoms with Gasteiger partial charge in [-0.3, -0.25) is 0 Å². The van der Waals surface area contributed by atoms with Gasteiger partial charge in [-0.25, -0.2) is 8.42 Å². The van der Waals surface area contributed by atoms with Crippen LogP contribution in [-0.2, 0) is 10.0 Å². The molecule has 19 heavy (non-hydrogen) atoms. The lowest BCUT2D eigenvalue weighted by Gasteiger charge is -2.32. The van der Waals surface area contributed by atoms with Crippen molar-refractivity contribution >= 4 is 22.4 Å². The molecule has 0 saturated carbocycles. The average molecular weight is 302 g/mol. The van der Waals surface area contributed by atoms with Gasteiger partial charge in [0.05, 0.1) is 16.5 Å². The molecule has 1 aliphatic rings. The Kier molecular flexibility index (Phi) is 5.32. The Morgan fingerprint density at radius 3 is 2.84 bits per heavy atom. The number of hydrogen-bond acceptors (Lipinski definition) is 4. The van der Waals surface area contributed by atoms with Crippen molar-refractivity contribution in [3.8, 4) is 6.07 Å². The van der Waals surface area contributed by atoms with E-state index in [1.807, 2.05) is 13.0 Å². The summed E-state index contributed by atoms with van der Waals surface area (Å²) in [6.45, 7) is 3.64. The predicted octanol–water partition coefficient (Wildman–Crippen LogP) is 0.962. The second-order valence-corrected chi connectivity index (χ2v) is 6.20. The van der Waals surface area contributed by atoms with Crippen LogP contribution in [0.25, 0.3) is 0 Å². The fourth-order valence-electron chi connectivity index (χ4n) is 2.04. The molecule has 1 heterocycles. The van der Waals surface area contributed by atoms with Gasteiger partial charge in [0.25, 0.3) is 0 Å². The predicted molar refractivity (Wildman–Crippen MR) is 74.6 cm³/mol. The Labute approximate surface area is 119 Å². The molecule has 0 aliphatic carbocycles. The number of piperazine rings is 1. The number of hydrogen-bond donors (Lipinski definition) is 1. The van der Waals surface area contributed by atoms with Gasteiger partial charge in [-0.2, -0.15) is 9.57 Å². The minimum Gasteiger partial charge on any atom is -0.314 e. The quantitative estimate of drug-likeness (QED) is 0.883. The highest BCUT2D eigenvalue weighted by atomic mass is 35.5. The molecule has 0 radical (unpaired) electrons. The van der Waals surface area contributed by atoms with E-state index in [0.717, 1.165) is 0 Å². The lowest BCUT2D eigenvalue weighted by atomic mass is 10.2. The van der Waals surface area contributed by atoms with Crippen LogP contribution in [0.2, 0.25) is 0 Å². The zero-order chi connectivity index (χ0) is 13.2. The van der Waals surface area contributed by atoms with Crippen molar-refractivity contribution in [1.29, 1.82) is 5.26 Å². The molecule has 2 rings (SSSR count). The van der Waals surface area contributed by atoms with E-state index in [-0.39, 0.29) is 23.3 Å². The van der Waals surface area contributed by atoms with Crippen LogP contribution in [-0.4, -0.2) is 38.4 Å². The van der Waals surface area contributed by atoms with Gasteiger partial charge in [0.2, 0.25) is 10.0 Å². The van der Waals surface area contributed by atoms with Crippen LogP contribution in [0.1, 0.15) is 12.5 Å². The van der Waals surface area contributed by atoms with Gasteiger partial charge in [-0.1, -0.05) is 6.07 Å². The first-order chi connectivity index (χ1) is 8.55. The third-order valence-corrected chi connectivity index (χ3v) is 5.02.